The van der Waals surface area contributed by atoms with E-state index in [4.69, 9.17) is 0 Å². The first-order valence-corrected chi connectivity index (χ1v) is 11.3. The van der Waals surface area contributed by atoms with Gasteiger partial charge in [0.1, 0.15) is 0 Å². The summed E-state index contributed by atoms with van der Waals surface area (Å²) in [6.07, 6.45) is 0. The van der Waals surface area contributed by atoms with E-state index in [1.54, 1.807) is 6.07 Å². The SMILES string of the molecule is O=[N+]([O-])c1ccc(-c2ccccc2-c2ccccc2-c2ccccc2-c2ccccc2)cc1[N+](=O)[O-]. The zero-order valence-corrected chi connectivity index (χ0v) is 19.1. The van der Waals surface area contributed by atoms with Crippen molar-refractivity contribution in [1.29, 1.82) is 0 Å². The van der Waals surface area contributed by atoms with Crippen LogP contribution in [-0.4, -0.2) is 9.85 Å². The molecule has 5 rings (SSSR count). The van der Waals surface area contributed by atoms with Gasteiger partial charge in [0.25, 0.3) is 0 Å². The van der Waals surface area contributed by atoms with E-state index in [-0.39, 0.29) is 0 Å². The summed E-state index contributed by atoms with van der Waals surface area (Å²) in [5, 5.41) is 22.9. The first-order valence-electron chi connectivity index (χ1n) is 11.3. The van der Waals surface area contributed by atoms with Gasteiger partial charge < -0.3 is 0 Å². The van der Waals surface area contributed by atoms with Crippen LogP contribution >= 0.6 is 0 Å². The van der Waals surface area contributed by atoms with E-state index >= 15 is 0 Å². The molecule has 0 aromatic heterocycles. The topological polar surface area (TPSA) is 86.3 Å². The molecule has 174 valence electrons. The predicted molar refractivity (Wildman–Crippen MR) is 141 cm³/mol. The Balaban J connectivity index is 1.71. The lowest BCUT2D eigenvalue weighted by molar-refractivity contribution is -0.422. The third-order valence-corrected chi connectivity index (χ3v) is 6.13. The van der Waals surface area contributed by atoms with Crippen LogP contribution in [0.2, 0.25) is 0 Å². The van der Waals surface area contributed by atoms with E-state index in [0.717, 1.165) is 38.9 Å². The van der Waals surface area contributed by atoms with Crippen LogP contribution in [-0.2, 0) is 0 Å². The molecule has 0 amide bonds. The quantitative estimate of drug-likeness (QED) is 0.184. The van der Waals surface area contributed by atoms with Crippen molar-refractivity contribution >= 4 is 11.4 Å². The Morgan fingerprint density at radius 3 is 1.25 bits per heavy atom. The molecule has 0 spiro atoms. The number of hydrogen-bond acceptors (Lipinski definition) is 4. The van der Waals surface area contributed by atoms with E-state index in [1.807, 2.05) is 72.8 Å². The highest BCUT2D eigenvalue weighted by Gasteiger charge is 2.25. The molecule has 0 aliphatic heterocycles. The third kappa shape index (κ3) is 4.23. The van der Waals surface area contributed by atoms with Crippen LogP contribution in [0.3, 0.4) is 0 Å². The number of benzene rings is 5. The predicted octanol–water partition coefficient (Wildman–Crippen LogP) is 8.17. The molecule has 0 heterocycles. The van der Waals surface area contributed by atoms with Crippen molar-refractivity contribution in [2.75, 3.05) is 0 Å². The molecular weight excluding hydrogens is 452 g/mol. The first-order chi connectivity index (χ1) is 17.5. The standard InChI is InChI=1S/C30H20N2O4/c33-31(34)29-19-18-22(20-30(29)32(35)36)24-13-5-7-15-26(24)28-17-9-8-16-27(28)25-14-6-4-12-23(25)21-10-2-1-3-11-21/h1-20H. The van der Waals surface area contributed by atoms with Crippen LogP contribution in [0.1, 0.15) is 0 Å². The van der Waals surface area contributed by atoms with Gasteiger partial charge in [-0.15, -0.1) is 0 Å². The third-order valence-electron chi connectivity index (χ3n) is 6.13. The van der Waals surface area contributed by atoms with Crippen molar-refractivity contribution in [2.45, 2.75) is 0 Å². The maximum atomic E-state index is 11.6. The highest BCUT2D eigenvalue weighted by molar-refractivity contribution is 5.96. The molecule has 0 fully saturated rings. The Hall–Kier alpha value is -5.10. The lowest BCUT2D eigenvalue weighted by atomic mass is 9.86. The molecule has 0 radical (unpaired) electrons. The van der Waals surface area contributed by atoms with Gasteiger partial charge in [0, 0.05) is 12.1 Å². The molecular formula is C30H20N2O4. The number of rotatable bonds is 6. The molecule has 5 aromatic rings. The second kappa shape index (κ2) is 9.64. The van der Waals surface area contributed by atoms with Crippen molar-refractivity contribution in [1.82, 2.24) is 0 Å². The molecule has 0 atom stereocenters. The molecule has 0 unspecified atom stereocenters. The Bertz CT molecular complexity index is 1600. The molecule has 0 N–H and O–H groups in total. The van der Waals surface area contributed by atoms with Crippen LogP contribution in [0.15, 0.2) is 121 Å². The van der Waals surface area contributed by atoms with Crippen molar-refractivity contribution in [3.05, 3.63) is 142 Å². The summed E-state index contributed by atoms with van der Waals surface area (Å²) in [6, 6.07) is 38.0. The highest BCUT2D eigenvalue weighted by atomic mass is 16.6. The molecule has 0 saturated heterocycles. The minimum Gasteiger partial charge on any atom is -0.258 e. The molecule has 5 aromatic carbocycles. The monoisotopic (exact) mass is 472 g/mol. The number of hydrogen-bond donors (Lipinski definition) is 0. The van der Waals surface area contributed by atoms with Gasteiger partial charge in [-0.2, -0.15) is 0 Å². The zero-order valence-electron chi connectivity index (χ0n) is 19.1. The fourth-order valence-electron chi connectivity index (χ4n) is 4.50. The van der Waals surface area contributed by atoms with Crippen molar-refractivity contribution < 1.29 is 9.85 Å². The Morgan fingerprint density at radius 1 is 0.389 bits per heavy atom. The van der Waals surface area contributed by atoms with Gasteiger partial charge in [-0.25, -0.2) is 0 Å². The average molecular weight is 473 g/mol. The van der Waals surface area contributed by atoms with Gasteiger partial charge in [0.15, 0.2) is 0 Å². The molecule has 36 heavy (non-hydrogen) atoms. The van der Waals surface area contributed by atoms with E-state index in [2.05, 4.69) is 30.3 Å². The van der Waals surface area contributed by atoms with Crippen LogP contribution in [0.25, 0.3) is 44.5 Å². The van der Waals surface area contributed by atoms with Crippen LogP contribution in [0.5, 0.6) is 0 Å². The second-order valence-corrected chi connectivity index (χ2v) is 8.22. The number of nitro groups is 2. The van der Waals surface area contributed by atoms with E-state index < -0.39 is 21.2 Å². The summed E-state index contributed by atoms with van der Waals surface area (Å²) in [6.45, 7) is 0. The zero-order chi connectivity index (χ0) is 25.1. The normalized spacial score (nSPS) is 10.7. The van der Waals surface area contributed by atoms with E-state index in [0.29, 0.717) is 5.56 Å². The summed E-state index contributed by atoms with van der Waals surface area (Å²) in [7, 11) is 0. The Morgan fingerprint density at radius 2 is 0.778 bits per heavy atom. The van der Waals surface area contributed by atoms with E-state index in [1.165, 1.54) is 12.1 Å². The van der Waals surface area contributed by atoms with Crippen molar-refractivity contribution in [2.24, 2.45) is 0 Å². The second-order valence-electron chi connectivity index (χ2n) is 8.22. The fraction of sp³-hybridized carbons (Fsp3) is 0. The minimum atomic E-state index is -0.733. The van der Waals surface area contributed by atoms with Gasteiger partial charge in [0.05, 0.1) is 9.85 Å². The fourth-order valence-corrected chi connectivity index (χ4v) is 4.50. The van der Waals surface area contributed by atoms with Gasteiger partial charge >= 0.3 is 11.4 Å². The molecule has 0 aliphatic carbocycles. The van der Waals surface area contributed by atoms with Crippen molar-refractivity contribution in [3.63, 3.8) is 0 Å². The van der Waals surface area contributed by atoms with Crippen LogP contribution in [0.4, 0.5) is 11.4 Å². The molecule has 0 aliphatic rings. The van der Waals surface area contributed by atoms with Crippen LogP contribution < -0.4 is 0 Å². The summed E-state index contributed by atoms with van der Waals surface area (Å²) in [4.78, 5) is 21.4. The Kier molecular flexibility index (Phi) is 6.07. The molecule has 0 bridgehead atoms. The molecule has 6 heteroatoms. The van der Waals surface area contributed by atoms with Gasteiger partial charge in [0.2, 0.25) is 0 Å². The Labute approximate surface area is 207 Å². The van der Waals surface area contributed by atoms with Gasteiger partial charge in [-0.05, 0) is 50.6 Å². The highest BCUT2D eigenvalue weighted by Crippen LogP contribution is 2.42. The molecule has 6 nitrogen and oxygen atoms in total. The smallest absolute Gasteiger partial charge is 0.258 e. The number of nitrogens with zero attached hydrogens (tertiary/aromatic N) is 2. The maximum absolute atomic E-state index is 11.6. The van der Waals surface area contributed by atoms with Gasteiger partial charge in [-0.1, -0.05) is 103 Å². The maximum Gasteiger partial charge on any atom is 0.346 e. The summed E-state index contributed by atoms with van der Waals surface area (Å²) in [5.41, 5.74) is 6.32. The molecule has 0 saturated carbocycles. The first kappa shape index (κ1) is 22.7. The lowest BCUT2D eigenvalue weighted by Crippen LogP contribution is -1.97. The lowest BCUT2D eigenvalue weighted by Gasteiger charge is -2.17. The minimum absolute atomic E-state index is 0.529. The van der Waals surface area contributed by atoms with Crippen LogP contribution in [0, 0.1) is 20.2 Å². The van der Waals surface area contributed by atoms with Gasteiger partial charge in [-0.3, -0.25) is 20.2 Å². The summed E-state index contributed by atoms with van der Waals surface area (Å²) >= 11 is 0. The number of nitro benzene ring substituents is 2. The largest absolute Gasteiger partial charge is 0.346 e. The summed E-state index contributed by atoms with van der Waals surface area (Å²) < 4.78 is 0. The average Bonchev–Trinajstić information content (AvgIpc) is 2.93. The van der Waals surface area contributed by atoms with Crippen molar-refractivity contribution in [3.8, 4) is 44.5 Å². The van der Waals surface area contributed by atoms with E-state index in [9.17, 15) is 20.2 Å². The summed E-state index contributed by atoms with van der Waals surface area (Å²) in [5.74, 6) is 0.